The van der Waals surface area contributed by atoms with Crippen molar-refractivity contribution in [3.8, 4) is 0 Å². The fraction of sp³-hybridized carbons (Fsp3) is 0.444. The third kappa shape index (κ3) is 4.05. The Morgan fingerprint density at radius 3 is 2.56 bits per heavy atom. The summed E-state index contributed by atoms with van der Waals surface area (Å²) in [6.45, 7) is 3.48. The van der Waals surface area contributed by atoms with Gasteiger partial charge in [-0.3, -0.25) is 14.4 Å². The minimum Gasteiger partial charge on any atom is -0.358 e. The molecule has 1 aromatic carbocycles. The Kier molecular flexibility index (Phi) is 5.64. The number of aromatic nitrogens is 2. The molecule has 0 bridgehead atoms. The zero-order chi connectivity index (χ0) is 19.6. The third-order valence-corrected chi connectivity index (χ3v) is 6.78. The number of benzene rings is 1. The molecule has 1 atom stereocenters. The van der Waals surface area contributed by atoms with E-state index in [-0.39, 0.29) is 17.3 Å². The topological polar surface area (TPSA) is 87.5 Å². The van der Waals surface area contributed by atoms with E-state index in [1.165, 1.54) is 22.2 Å². The Balaban J connectivity index is 1.85. The van der Waals surface area contributed by atoms with E-state index in [2.05, 4.69) is 15.3 Å². The number of hydrogen-bond acceptors (Lipinski definition) is 5. The van der Waals surface area contributed by atoms with Crippen LogP contribution >= 0.6 is 0 Å². The molecule has 1 N–H and O–H groups in total. The van der Waals surface area contributed by atoms with E-state index in [0.29, 0.717) is 25.3 Å². The van der Waals surface area contributed by atoms with Gasteiger partial charge < -0.3 is 5.32 Å². The van der Waals surface area contributed by atoms with Gasteiger partial charge in [0.15, 0.2) is 0 Å². The normalized spacial score (nSPS) is 19.1. The molecule has 8 nitrogen and oxygen atoms in total. The molecule has 27 heavy (non-hydrogen) atoms. The summed E-state index contributed by atoms with van der Waals surface area (Å²) in [4.78, 5) is 14.7. The number of carbonyl (C=O) groups excluding carboxylic acids is 1. The summed E-state index contributed by atoms with van der Waals surface area (Å²) < 4.78 is 29.2. The number of sulfonamides is 1. The van der Waals surface area contributed by atoms with Crippen LogP contribution in [0.2, 0.25) is 0 Å². The van der Waals surface area contributed by atoms with Crippen molar-refractivity contribution in [2.75, 3.05) is 26.7 Å². The molecule has 0 saturated carbocycles. The lowest BCUT2D eigenvalue weighted by molar-refractivity contribution is -0.126. The molecule has 2 aromatic rings. The van der Waals surface area contributed by atoms with Crippen LogP contribution in [0.1, 0.15) is 11.3 Å². The SMILES string of the molecule is CNC(=O)C1CN(Cc2ccccc2)CCN1S(=O)(=O)c1cn(C)nc1C. The maximum Gasteiger partial charge on any atom is 0.247 e. The highest BCUT2D eigenvalue weighted by Crippen LogP contribution is 2.24. The summed E-state index contributed by atoms with van der Waals surface area (Å²) in [6, 6.07) is 9.16. The van der Waals surface area contributed by atoms with Gasteiger partial charge >= 0.3 is 0 Å². The first-order chi connectivity index (χ1) is 12.8. The second-order valence-corrected chi connectivity index (χ2v) is 8.58. The van der Waals surface area contributed by atoms with Gasteiger partial charge in [-0.05, 0) is 12.5 Å². The van der Waals surface area contributed by atoms with Crippen LogP contribution in [0.25, 0.3) is 0 Å². The Labute approximate surface area is 159 Å². The van der Waals surface area contributed by atoms with Crippen molar-refractivity contribution < 1.29 is 13.2 Å². The second-order valence-electron chi connectivity index (χ2n) is 6.72. The van der Waals surface area contributed by atoms with Gasteiger partial charge in [-0.2, -0.15) is 9.40 Å². The molecule has 1 aliphatic heterocycles. The van der Waals surface area contributed by atoms with Crippen LogP contribution in [0.5, 0.6) is 0 Å². The zero-order valence-corrected chi connectivity index (χ0v) is 16.6. The van der Waals surface area contributed by atoms with Gasteiger partial charge in [0.2, 0.25) is 15.9 Å². The van der Waals surface area contributed by atoms with Crippen LogP contribution in [-0.4, -0.2) is 66.0 Å². The minimum absolute atomic E-state index is 0.149. The first-order valence-corrected chi connectivity index (χ1v) is 10.3. The van der Waals surface area contributed by atoms with Crippen LogP contribution in [0, 0.1) is 6.92 Å². The van der Waals surface area contributed by atoms with Gasteiger partial charge in [-0.1, -0.05) is 30.3 Å². The summed E-state index contributed by atoms with van der Waals surface area (Å²) in [7, 11) is -0.603. The Morgan fingerprint density at radius 1 is 1.26 bits per heavy atom. The number of nitrogens with one attached hydrogen (secondary N) is 1. The largest absolute Gasteiger partial charge is 0.358 e. The molecule has 2 heterocycles. The molecule has 0 aliphatic carbocycles. The lowest BCUT2D eigenvalue weighted by atomic mass is 10.1. The second kappa shape index (κ2) is 7.79. The van der Waals surface area contributed by atoms with E-state index >= 15 is 0 Å². The summed E-state index contributed by atoms with van der Waals surface area (Å²) in [5.41, 5.74) is 1.56. The standard InChI is InChI=1S/C18H25N5O3S/c1-14-17(13-21(3)20-14)27(25,26)23-10-9-22(12-16(23)18(24)19-2)11-15-7-5-4-6-8-15/h4-8,13,16H,9-12H2,1-3H3,(H,19,24). The molecule has 1 unspecified atom stereocenters. The van der Waals surface area contributed by atoms with Crippen molar-refractivity contribution in [2.24, 2.45) is 7.05 Å². The number of likely N-dealkylation sites (N-methyl/N-ethyl adjacent to an activating group) is 1. The maximum atomic E-state index is 13.2. The van der Waals surface area contributed by atoms with Crippen molar-refractivity contribution in [3.05, 3.63) is 47.8 Å². The molecule has 146 valence electrons. The molecular formula is C18H25N5O3S. The Bertz CT molecular complexity index is 910. The molecule has 0 radical (unpaired) electrons. The molecule has 1 aliphatic rings. The summed E-state index contributed by atoms with van der Waals surface area (Å²) in [5.74, 6) is -0.308. The minimum atomic E-state index is -3.81. The molecule has 0 spiro atoms. The molecule has 1 saturated heterocycles. The number of nitrogens with zero attached hydrogens (tertiary/aromatic N) is 4. The molecule has 1 amide bonds. The summed E-state index contributed by atoms with van der Waals surface area (Å²) >= 11 is 0. The lowest BCUT2D eigenvalue weighted by Crippen LogP contribution is -2.59. The smallest absolute Gasteiger partial charge is 0.247 e. The van der Waals surface area contributed by atoms with Crippen LogP contribution in [-0.2, 0) is 28.4 Å². The third-order valence-electron chi connectivity index (χ3n) is 4.77. The number of carbonyl (C=O) groups is 1. The van der Waals surface area contributed by atoms with Crippen molar-refractivity contribution in [3.63, 3.8) is 0 Å². The molecular weight excluding hydrogens is 366 g/mol. The number of amides is 1. The van der Waals surface area contributed by atoms with Gasteiger partial charge in [0, 0.05) is 46.5 Å². The van der Waals surface area contributed by atoms with Crippen LogP contribution in [0.4, 0.5) is 0 Å². The summed E-state index contributed by atoms with van der Waals surface area (Å²) in [6.07, 6.45) is 1.49. The van der Waals surface area contributed by atoms with E-state index in [1.807, 2.05) is 30.3 Å². The van der Waals surface area contributed by atoms with E-state index in [4.69, 9.17) is 0 Å². The van der Waals surface area contributed by atoms with Crippen LogP contribution < -0.4 is 5.32 Å². The number of piperazine rings is 1. The van der Waals surface area contributed by atoms with Gasteiger partial charge in [-0.25, -0.2) is 8.42 Å². The van der Waals surface area contributed by atoms with E-state index in [0.717, 1.165) is 5.56 Å². The highest BCUT2D eigenvalue weighted by molar-refractivity contribution is 7.89. The highest BCUT2D eigenvalue weighted by atomic mass is 32.2. The Morgan fingerprint density at radius 2 is 1.96 bits per heavy atom. The number of aryl methyl sites for hydroxylation is 2. The number of hydrogen-bond donors (Lipinski definition) is 1. The Hall–Kier alpha value is -2.23. The van der Waals surface area contributed by atoms with Crippen molar-refractivity contribution in [2.45, 2.75) is 24.4 Å². The van der Waals surface area contributed by atoms with Gasteiger partial charge in [0.25, 0.3) is 0 Å². The molecule has 1 aromatic heterocycles. The molecule has 9 heteroatoms. The first-order valence-electron chi connectivity index (χ1n) is 8.83. The number of rotatable bonds is 5. The monoisotopic (exact) mass is 391 g/mol. The van der Waals surface area contributed by atoms with E-state index < -0.39 is 16.1 Å². The van der Waals surface area contributed by atoms with E-state index in [1.54, 1.807) is 14.0 Å². The van der Waals surface area contributed by atoms with Gasteiger partial charge in [-0.15, -0.1) is 0 Å². The van der Waals surface area contributed by atoms with Crippen molar-refractivity contribution in [1.29, 1.82) is 0 Å². The first kappa shape index (κ1) is 19.5. The maximum absolute atomic E-state index is 13.2. The zero-order valence-electron chi connectivity index (χ0n) is 15.8. The predicted molar refractivity (Wildman–Crippen MR) is 101 cm³/mol. The predicted octanol–water partition coefficient (Wildman–Crippen LogP) is 0.350. The quantitative estimate of drug-likeness (QED) is 0.795. The fourth-order valence-corrected chi connectivity index (χ4v) is 5.21. The van der Waals surface area contributed by atoms with E-state index in [9.17, 15) is 13.2 Å². The van der Waals surface area contributed by atoms with Crippen molar-refractivity contribution in [1.82, 2.24) is 24.3 Å². The average molecular weight is 391 g/mol. The fourth-order valence-electron chi connectivity index (χ4n) is 3.43. The summed E-state index contributed by atoms with van der Waals surface area (Å²) in [5, 5.41) is 6.73. The lowest BCUT2D eigenvalue weighted by Gasteiger charge is -2.39. The molecule has 3 rings (SSSR count). The highest BCUT2D eigenvalue weighted by Gasteiger charge is 2.40. The van der Waals surface area contributed by atoms with Crippen LogP contribution in [0.15, 0.2) is 41.4 Å². The average Bonchev–Trinajstić information content (AvgIpc) is 3.00. The van der Waals surface area contributed by atoms with Crippen LogP contribution in [0.3, 0.4) is 0 Å². The van der Waals surface area contributed by atoms with Crippen molar-refractivity contribution >= 4 is 15.9 Å². The van der Waals surface area contributed by atoms with Gasteiger partial charge in [0.1, 0.15) is 10.9 Å². The molecule has 1 fully saturated rings. The van der Waals surface area contributed by atoms with Gasteiger partial charge in [0.05, 0.1) is 5.69 Å².